The van der Waals surface area contributed by atoms with Gasteiger partial charge in [-0.1, -0.05) is 11.6 Å². The number of ether oxygens (including phenoxy) is 1. The van der Waals surface area contributed by atoms with Crippen molar-refractivity contribution in [3.05, 3.63) is 35.1 Å². The minimum Gasteiger partial charge on any atom is -0.481 e. The van der Waals surface area contributed by atoms with E-state index >= 15 is 0 Å². The van der Waals surface area contributed by atoms with Crippen molar-refractivity contribution in [3.8, 4) is 5.69 Å². The van der Waals surface area contributed by atoms with Gasteiger partial charge in [0.25, 0.3) is 5.97 Å². The number of aliphatic carboxylic acids is 1. The van der Waals surface area contributed by atoms with Crippen LogP contribution in [0, 0.1) is 11.8 Å². The molecule has 1 saturated heterocycles. The average molecular weight is 522 g/mol. The molecular formula is C23H32ClN7O5. The third-order valence-electron chi connectivity index (χ3n) is 5.81. The summed E-state index contributed by atoms with van der Waals surface area (Å²) >= 11 is 6.16. The maximum atomic E-state index is 13.1. The number of rotatable bonds is 7. The van der Waals surface area contributed by atoms with Crippen molar-refractivity contribution in [1.82, 2.24) is 30.4 Å². The molecule has 2 aliphatic rings. The van der Waals surface area contributed by atoms with Crippen LogP contribution in [0.3, 0.4) is 0 Å². The highest BCUT2D eigenvalue weighted by atomic mass is 35.5. The zero-order valence-electron chi connectivity index (χ0n) is 20.7. The summed E-state index contributed by atoms with van der Waals surface area (Å²) in [6, 6.07) is 3.95. The molecule has 4 rings (SSSR count). The van der Waals surface area contributed by atoms with E-state index in [0.29, 0.717) is 23.2 Å². The fourth-order valence-electron chi connectivity index (χ4n) is 4.13. The molecule has 1 aliphatic carbocycles. The molecule has 36 heavy (non-hydrogen) atoms. The van der Waals surface area contributed by atoms with Gasteiger partial charge in [-0.05, 0) is 73.2 Å². The molecule has 1 aliphatic heterocycles. The number of hydrogen-bond donors (Lipinski definition) is 3. The lowest BCUT2D eigenvalue weighted by molar-refractivity contribution is -0.142. The summed E-state index contributed by atoms with van der Waals surface area (Å²) in [5, 5.41) is 22.1. The van der Waals surface area contributed by atoms with E-state index in [1.165, 1.54) is 11.0 Å². The molecule has 12 nitrogen and oxygen atoms in total. The van der Waals surface area contributed by atoms with Gasteiger partial charge in [0.1, 0.15) is 18.4 Å². The molecule has 0 radical (unpaired) electrons. The number of likely N-dealkylation sites (tertiary alicyclic amines) is 1. The summed E-state index contributed by atoms with van der Waals surface area (Å²) in [6.45, 7) is 7.70. The predicted molar refractivity (Wildman–Crippen MR) is 130 cm³/mol. The van der Waals surface area contributed by atoms with Gasteiger partial charge >= 0.3 is 0 Å². The number of nitrogens with zero attached hydrogens (tertiary/aromatic N) is 5. The maximum absolute atomic E-state index is 13.1. The predicted octanol–water partition coefficient (Wildman–Crippen LogP) is 1.01. The van der Waals surface area contributed by atoms with E-state index in [2.05, 4.69) is 20.8 Å². The summed E-state index contributed by atoms with van der Waals surface area (Å²) in [6.07, 6.45) is 2.42. The minimum atomic E-state index is -0.833. The molecule has 2 amide bonds. The number of carboxylic acid groups (broad SMARTS) is 1. The average Bonchev–Trinajstić information content (AvgIpc) is 3.19. The first-order chi connectivity index (χ1) is 16.9. The van der Waals surface area contributed by atoms with Gasteiger partial charge in [0.2, 0.25) is 11.8 Å². The number of fused-ring (bicyclic) bond motifs is 1. The summed E-state index contributed by atoms with van der Waals surface area (Å²) in [5.41, 5.74) is 7.18. The number of aromatic nitrogens is 4. The molecule has 1 aromatic carbocycles. The third kappa shape index (κ3) is 7.21. The quantitative estimate of drug-likeness (QED) is 0.482. The molecular weight excluding hydrogens is 490 g/mol. The van der Waals surface area contributed by atoms with Crippen molar-refractivity contribution in [3.63, 3.8) is 0 Å². The Morgan fingerprint density at radius 2 is 2.03 bits per heavy atom. The number of tetrazole rings is 1. The number of halogens is 1. The van der Waals surface area contributed by atoms with Crippen molar-refractivity contribution < 1.29 is 24.2 Å². The van der Waals surface area contributed by atoms with Gasteiger partial charge in [0.15, 0.2) is 0 Å². The molecule has 2 fully saturated rings. The standard InChI is InChI=1S/C21H28ClN7O3.C2H4O2/c1-21(2,3)32-10-16(23)20(31)28-9-13-7-15(13)18(28)19(30)24-8-12-6-14(22)4-5-17(12)29-11-25-26-27-29;1-2(3)4/h4-6,11,13,15-16,18H,7-10,23H2,1-3H3,(H,24,30);1H3,(H,3,4)/t13-,15-,16+,18-;/m0./s1. The second kappa shape index (κ2) is 11.3. The highest BCUT2D eigenvalue weighted by molar-refractivity contribution is 6.30. The Labute approximate surface area is 214 Å². The first-order valence-corrected chi connectivity index (χ1v) is 11.9. The molecule has 0 bridgehead atoms. The van der Waals surface area contributed by atoms with E-state index < -0.39 is 23.7 Å². The Kier molecular flexibility index (Phi) is 8.64. The van der Waals surface area contributed by atoms with Gasteiger partial charge in [-0.3, -0.25) is 14.4 Å². The Hall–Kier alpha value is -3.09. The van der Waals surface area contributed by atoms with Crippen LogP contribution in [-0.4, -0.2) is 78.8 Å². The number of hydrogen-bond acceptors (Lipinski definition) is 8. The fraction of sp³-hybridized carbons (Fsp3) is 0.565. The summed E-state index contributed by atoms with van der Waals surface area (Å²) in [5.74, 6) is -0.755. The van der Waals surface area contributed by atoms with Gasteiger partial charge in [0, 0.05) is 25.0 Å². The van der Waals surface area contributed by atoms with Crippen LogP contribution in [0.1, 0.15) is 39.7 Å². The normalized spacial score (nSPS) is 21.2. The maximum Gasteiger partial charge on any atom is 0.300 e. The molecule has 4 atom stereocenters. The number of amides is 2. The van der Waals surface area contributed by atoms with E-state index in [-0.39, 0.29) is 30.9 Å². The lowest BCUT2D eigenvalue weighted by atomic mass is 10.1. The monoisotopic (exact) mass is 521 g/mol. The number of carbonyl (C=O) groups is 3. The molecule has 2 aromatic rings. The van der Waals surface area contributed by atoms with Gasteiger partial charge in [-0.25, -0.2) is 4.68 Å². The van der Waals surface area contributed by atoms with Crippen molar-refractivity contribution in [1.29, 1.82) is 0 Å². The van der Waals surface area contributed by atoms with Crippen LogP contribution in [-0.2, 0) is 25.7 Å². The zero-order chi connectivity index (χ0) is 26.6. The van der Waals surface area contributed by atoms with Gasteiger partial charge in [-0.15, -0.1) is 5.10 Å². The summed E-state index contributed by atoms with van der Waals surface area (Å²) in [7, 11) is 0. The second-order valence-corrected chi connectivity index (χ2v) is 10.3. The van der Waals surface area contributed by atoms with Crippen LogP contribution in [0.15, 0.2) is 24.5 Å². The Morgan fingerprint density at radius 3 is 2.64 bits per heavy atom. The van der Waals surface area contributed by atoms with Crippen molar-refractivity contribution in [2.45, 2.75) is 58.3 Å². The van der Waals surface area contributed by atoms with Crippen LogP contribution in [0.2, 0.25) is 5.02 Å². The van der Waals surface area contributed by atoms with E-state index in [9.17, 15) is 9.59 Å². The van der Waals surface area contributed by atoms with Gasteiger partial charge < -0.3 is 25.8 Å². The molecule has 1 saturated carbocycles. The Balaban J connectivity index is 0.000000840. The van der Waals surface area contributed by atoms with Crippen LogP contribution in [0.25, 0.3) is 5.69 Å². The number of benzene rings is 1. The molecule has 1 aromatic heterocycles. The first kappa shape index (κ1) is 27.5. The Bertz CT molecular complexity index is 1090. The number of nitrogens with one attached hydrogen (secondary N) is 1. The zero-order valence-corrected chi connectivity index (χ0v) is 21.5. The molecule has 0 spiro atoms. The number of nitrogens with two attached hydrogens (primary N) is 1. The minimum absolute atomic E-state index is 0.111. The van der Waals surface area contributed by atoms with Gasteiger partial charge in [-0.2, -0.15) is 0 Å². The fourth-order valence-corrected chi connectivity index (χ4v) is 4.32. The lowest BCUT2D eigenvalue weighted by Crippen LogP contribution is -2.54. The SMILES string of the molecule is CC(=O)O.CC(C)(C)OC[C@@H](N)C(=O)N1C[C@@H]2C[C@@H]2[C@H]1C(=O)NCc1cc(Cl)ccc1-n1cnnn1. The molecule has 4 N–H and O–H groups in total. The molecule has 2 heterocycles. The van der Waals surface area contributed by atoms with Crippen molar-refractivity contribution >= 4 is 29.4 Å². The van der Waals surface area contributed by atoms with Crippen molar-refractivity contribution in [2.24, 2.45) is 17.6 Å². The van der Waals surface area contributed by atoms with E-state index in [1.54, 1.807) is 23.1 Å². The van der Waals surface area contributed by atoms with E-state index in [0.717, 1.165) is 18.9 Å². The topological polar surface area (TPSA) is 166 Å². The summed E-state index contributed by atoms with van der Waals surface area (Å²) < 4.78 is 7.17. The first-order valence-electron chi connectivity index (χ1n) is 11.6. The number of piperidine rings is 1. The number of carboxylic acids is 1. The lowest BCUT2D eigenvalue weighted by Gasteiger charge is -2.30. The van der Waals surface area contributed by atoms with E-state index in [1.807, 2.05) is 20.8 Å². The van der Waals surface area contributed by atoms with Crippen LogP contribution in [0.4, 0.5) is 0 Å². The van der Waals surface area contributed by atoms with Crippen LogP contribution < -0.4 is 11.1 Å². The molecule has 0 unspecified atom stereocenters. The third-order valence-corrected chi connectivity index (χ3v) is 6.04. The van der Waals surface area contributed by atoms with Crippen molar-refractivity contribution in [2.75, 3.05) is 13.2 Å². The second-order valence-electron chi connectivity index (χ2n) is 9.89. The van der Waals surface area contributed by atoms with Gasteiger partial charge in [0.05, 0.1) is 17.9 Å². The van der Waals surface area contributed by atoms with E-state index in [4.69, 9.17) is 32.0 Å². The Morgan fingerprint density at radius 1 is 1.33 bits per heavy atom. The largest absolute Gasteiger partial charge is 0.481 e. The highest BCUT2D eigenvalue weighted by Gasteiger charge is 2.57. The smallest absolute Gasteiger partial charge is 0.300 e. The molecule has 196 valence electrons. The summed E-state index contributed by atoms with van der Waals surface area (Å²) in [4.78, 5) is 36.7. The molecule has 13 heteroatoms. The van der Waals surface area contributed by atoms with Crippen LogP contribution >= 0.6 is 11.6 Å². The number of carbonyl (C=O) groups excluding carboxylic acids is 2. The van der Waals surface area contributed by atoms with Crippen LogP contribution in [0.5, 0.6) is 0 Å². The highest BCUT2D eigenvalue weighted by Crippen LogP contribution is 2.49.